The molecule has 1 aliphatic carbocycles. The Hall–Kier alpha value is -2.08. The van der Waals surface area contributed by atoms with Gasteiger partial charge in [-0.1, -0.05) is 37.3 Å². The largest absolute Gasteiger partial charge is 0.465 e. The van der Waals surface area contributed by atoms with Gasteiger partial charge in [0.2, 0.25) is 0 Å². The van der Waals surface area contributed by atoms with Crippen LogP contribution in [0.5, 0.6) is 0 Å². The molecule has 24 heavy (non-hydrogen) atoms. The standard InChI is InChI=1S/C17H21ClN2O4/c1-24-17(23)11-8-9-13(18)14(10-11)20-16(22)15(21)19-12-6-4-2-3-5-7-12/h8-10,12H,2-7H2,1H3,(H,19,21)(H,20,22). The van der Waals surface area contributed by atoms with Gasteiger partial charge >= 0.3 is 17.8 Å². The number of halogens is 1. The van der Waals surface area contributed by atoms with Crippen molar-refractivity contribution in [3.05, 3.63) is 28.8 Å². The van der Waals surface area contributed by atoms with Gasteiger partial charge in [0.15, 0.2) is 0 Å². The lowest BCUT2D eigenvalue weighted by Crippen LogP contribution is -2.41. The van der Waals surface area contributed by atoms with Crippen molar-refractivity contribution in [3.63, 3.8) is 0 Å². The maximum Gasteiger partial charge on any atom is 0.337 e. The summed E-state index contributed by atoms with van der Waals surface area (Å²) in [5.41, 5.74) is 0.432. The predicted molar refractivity (Wildman–Crippen MR) is 91.1 cm³/mol. The number of nitrogens with one attached hydrogen (secondary N) is 2. The average molecular weight is 353 g/mol. The first kappa shape index (κ1) is 18.3. The first-order chi connectivity index (χ1) is 11.5. The minimum atomic E-state index is -0.803. The molecule has 1 aromatic rings. The molecule has 130 valence electrons. The third kappa shape index (κ3) is 4.96. The Labute approximate surface area is 145 Å². The van der Waals surface area contributed by atoms with E-state index in [0.29, 0.717) is 0 Å². The summed E-state index contributed by atoms with van der Waals surface area (Å²) in [5.74, 6) is -2.05. The van der Waals surface area contributed by atoms with Crippen LogP contribution in [0.15, 0.2) is 18.2 Å². The normalized spacial score (nSPS) is 15.2. The van der Waals surface area contributed by atoms with Crippen LogP contribution in [0.25, 0.3) is 0 Å². The van der Waals surface area contributed by atoms with Crippen molar-refractivity contribution in [3.8, 4) is 0 Å². The lowest BCUT2D eigenvalue weighted by molar-refractivity contribution is -0.136. The Morgan fingerprint density at radius 2 is 1.75 bits per heavy atom. The molecule has 0 unspecified atom stereocenters. The molecular formula is C17H21ClN2O4. The van der Waals surface area contributed by atoms with E-state index in [1.165, 1.54) is 25.3 Å². The number of carbonyl (C=O) groups is 3. The monoisotopic (exact) mass is 352 g/mol. The van der Waals surface area contributed by atoms with Gasteiger partial charge in [-0.3, -0.25) is 9.59 Å². The van der Waals surface area contributed by atoms with Crippen molar-refractivity contribution < 1.29 is 19.1 Å². The molecule has 2 N–H and O–H groups in total. The molecule has 0 aromatic heterocycles. The van der Waals surface area contributed by atoms with E-state index in [1.807, 2.05) is 0 Å². The number of carbonyl (C=O) groups excluding carboxylic acids is 3. The fraction of sp³-hybridized carbons (Fsp3) is 0.471. The maximum atomic E-state index is 12.1. The highest BCUT2D eigenvalue weighted by Crippen LogP contribution is 2.23. The highest BCUT2D eigenvalue weighted by molar-refractivity contribution is 6.41. The molecule has 2 amide bonds. The van der Waals surface area contributed by atoms with Crippen LogP contribution < -0.4 is 10.6 Å². The first-order valence-electron chi connectivity index (χ1n) is 8.01. The molecule has 0 radical (unpaired) electrons. The summed E-state index contributed by atoms with van der Waals surface area (Å²) in [5, 5.41) is 5.44. The summed E-state index contributed by atoms with van der Waals surface area (Å²) in [6.07, 6.45) is 6.21. The van der Waals surface area contributed by atoms with Crippen molar-refractivity contribution in [2.75, 3.05) is 12.4 Å². The number of amides is 2. The van der Waals surface area contributed by atoms with Gasteiger partial charge in [-0.05, 0) is 31.0 Å². The quantitative estimate of drug-likeness (QED) is 0.497. The van der Waals surface area contributed by atoms with Crippen LogP contribution in [0.3, 0.4) is 0 Å². The molecule has 0 aliphatic heterocycles. The Bertz CT molecular complexity index is 625. The Balaban J connectivity index is 2.00. The highest BCUT2D eigenvalue weighted by Gasteiger charge is 2.21. The molecule has 2 rings (SSSR count). The van der Waals surface area contributed by atoms with E-state index >= 15 is 0 Å². The number of esters is 1. The number of ether oxygens (including phenoxy) is 1. The van der Waals surface area contributed by atoms with Crippen LogP contribution >= 0.6 is 11.6 Å². The van der Waals surface area contributed by atoms with Crippen LogP contribution in [-0.4, -0.2) is 30.9 Å². The van der Waals surface area contributed by atoms with Gasteiger partial charge in [0, 0.05) is 6.04 Å². The van der Waals surface area contributed by atoms with E-state index in [-0.39, 0.29) is 22.3 Å². The molecule has 1 fully saturated rings. The number of methoxy groups -OCH3 is 1. The van der Waals surface area contributed by atoms with Gasteiger partial charge in [0.05, 0.1) is 23.4 Å². The zero-order chi connectivity index (χ0) is 17.5. The molecule has 1 aromatic carbocycles. The fourth-order valence-electron chi connectivity index (χ4n) is 2.72. The lowest BCUT2D eigenvalue weighted by Gasteiger charge is -2.16. The molecule has 0 spiro atoms. The second-order valence-electron chi connectivity index (χ2n) is 5.80. The van der Waals surface area contributed by atoms with E-state index in [1.54, 1.807) is 0 Å². The van der Waals surface area contributed by atoms with Gasteiger partial charge in [0.1, 0.15) is 0 Å². The minimum Gasteiger partial charge on any atom is -0.465 e. The molecule has 6 nitrogen and oxygen atoms in total. The summed E-state index contributed by atoms with van der Waals surface area (Å²) >= 11 is 6.01. The average Bonchev–Trinajstić information content (AvgIpc) is 2.84. The number of benzene rings is 1. The van der Waals surface area contributed by atoms with Crippen molar-refractivity contribution in [2.45, 2.75) is 44.6 Å². The second kappa shape index (κ2) is 8.68. The van der Waals surface area contributed by atoms with E-state index in [4.69, 9.17) is 11.6 Å². The number of rotatable bonds is 3. The highest BCUT2D eigenvalue weighted by atomic mass is 35.5. The van der Waals surface area contributed by atoms with Gasteiger partial charge in [-0.15, -0.1) is 0 Å². The number of anilines is 1. The van der Waals surface area contributed by atoms with Gasteiger partial charge < -0.3 is 15.4 Å². The van der Waals surface area contributed by atoms with Crippen molar-refractivity contribution in [1.82, 2.24) is 5.32 Å². The van der Waals surface area contributed by atoms with Crippen LogP contribution in [0.4, 0.5) is 5.69 Å². The Kier molecular flexibility index (Phi) is 6.61. The summed E-state index contributed by atoms with van der Waals surface area (Å²) in [4.78, 5) is 35.7. The van der Waals surface area contributed by atoms with E-state index in [0.717, 1.165) is 38.5 Å². The molecule has 0 heterocycles. The summed E-state index contributed by atoms with van der Waals surface area (Å²) in [6, 6.07) is 4.36. The summed E-state index contributed by atoms with van der Waals surface area (Å²) in [6.45, 7) is 0. The first-order valence-corrected chi connectivity index (χ1v) is 8.38. The Morgan fingerprint density at radius 3 is 2.38 bits per heavy atom. The van der Waals surface area contributed by atoms with E-state index < -0.39 is 17.8 Å². The Morgan fingerprint density at radius 1 is 1.08 bits per heavy atom. The van der Waals surface area contributed by atoms with Crippen molar-refractivity contribution >= 4 is 35.1 Å². The van der Waals surface area contributed by atoms with Crippen LogP contribution in [0.1, 0.15) is 48.9 Å². The number of hydrogen-bond acceptors (Lipinski definition) is 4. The lowest BCUT2D eigenvalue weighted by atomic mass is 10.1. The SMILES string of the molecule is COC(=O)c1ccc(Cl)c(NC(=O)C(=O)NC2CCCCCC2)c1. The molecule has 0 bridgehead atoms. The van der Waals surface area contributed by atoms with Gasteiger partial charge in [0.25, 0.3) is 0 Å². The van der Waals surface area contributed by atoms with E-state index in [2.05, 4.69) is 15.4 Å². The molecule has 0 atom stereocenters. The van der Waals surface area contributed by atoms with Gasteiger partial charge in [-0.2, -0.15) is 0 Å². The summed E-state index contributed by atoms with van der Waals surface area (Å²) < 4.78 is 4.62. The zero-order valence-electron chi connectivity index (χ0n) is 13.6. The summed E-state index contributed by atoms with van der Waals surface area (Å²) in [7, 11) is 1.26. The van der Waals surface area contributed by atoms with Gasteiger partial charge in [-0.25, -0.2) is 4.79 Å². The zero-order valence-corrected chi connectivity index (χ0v) is 14.3. The van der Waals surface area contributed by atoms with Crippen molar-refractivity contribution in [2.24, 2.45) is 0 Å². The van der Waals surface area contributed by atoms with Crippen molar-refractivity contribution in [1.29, 1.82) is 0 Å². The number of hydrogen-bond donors (Lipinski definition) is 2. The molecular weight excluding hydrogens is 332 g/mol. The van der Waals surface area contributed by atoms with E-state index in [9.17, 15) is 14.4 Å². The fourth-order valence-corrected chi connectivity index (χ4v) is 2.88. The smallest absolute Gasteiger partial charge is 0.337 e. The minimum absolute atomic E-state index is 0.0302. The topological polar surface area (TPSA) is 84.5 Å². The molecule has 1 saturated carbocycles. The van der Waals surface area contributed by atoms with Crippen LogP contribution in [-0.2, 0) is 14.3 Å². The van der Waals surface area contributed by atoms with Crippen LogP contribution in [0, 0.1) is 0 Å². The molecule has 0 saturated heterocycles. The maximum absolute atomic E-state index is 12.1. The van der Waals surface area contributed by atoms with Crippen LogP contribution in [0.2, 0.25) is 5.02 Å². The second-order valence-corrected chi connectivity index (χ2v) is 6.21. The molecule has 7 heteroatoms. The predicted octanol–water partition coefficient (Wildman–Crippen LogP) is 2.90. The third-order valence-corrected chi connectivity index (χ3v) is 4.36. The molecule has 1 aliphatic rings. The third-order valence-electron chi connectivity index (χ3n) is 4.03.